The number of fused-ring (bicyclic) bond motifs is 1. The molecular weight excluding hydrogens is 384 g/mol. The quantitative estimate of drug-likeness (QED) is 0.743. The fourth-order valence-corrected chi connectivity index (χ4v) is 3.83. The lowest BCUT2D eigenvalue weighted by Crippen LogP contribution is -2.38. The van der Waals surface area contributed by atoms with E-state index in [1.807, 2.05) is 6.92 Å². The van der Waals surface area contributed by atoms with Crippen LogP contribution in [0.4, 0.5) is 5.69 Å². The first kappa shape index (κ1) is 19.8. The molecule has 1 unspecified atom stereocenters. The van der Waals surface area contributed by atoms with Gasteiger partial charge in [0.1, 0.15) is 11.3 Å². The van der Waals surface area contributed by atoms with Crippen molar-refractivity contribution in [1.29, 1.82) is 0 Å². The van der Waals surface area contributed by atoms with Crippen LogP contribution in [-0.2, 0) is 26.0 Å². The number of ether oxygens (including phenoxy) is 1. The van der Waals surface area contributed by atoms with Gasteiger partial charge in [-0.1, -0.05) is 12.1 Å². The first-order valence-corrected chi connectivity index (χ1v) is 10.1. The summed E-state index contributed by atoms with van der Waals surface area (Å²) >= 11 is 0. The molecule has 0 fully saturated rings. The molecule has 0 saturated carbocycles. The number of para-hydroxylation sites is 1. The topological polar surface area (TPSA) is 127 Å². The van der Waals surface area contributed by atoms with E-state index < -0.39 is 28.5 Å². The third-order valence-corrected chi connectivity index (χ3v) is 5.56. The number of benzene rings is 2. The molecule has 2 aromatic rings. The Balaban J connectivity index is 1.75. The van der Waals surface area contributed by atoms with Crippen molar-refractivity contribution in [3.63, 3.8) is 0 Å². The van der Waals surface area contributed by atoms with Crippen LogP contribution >= 0.6 is 0 Å². The van der Waals surface area contributed by atoms with Crippen LogP contribution in [-0.4, -0.2) is 38.0 Å². The third kappa shape index (κ3) is 3.71. The highest BCUT2D eigenvalue weighted by Crippen LogP contribution is 2.34. The highest BCUT2D eigenvalue weighted by Gasteiger charge is 2.32. The molecule has 1 amide bonds. The van der Waals surface area contributed by atoms with Gasteiger partial charge in [-0.15, -0.1) is 0 Å². The predicted octanol–water partition coefficient (Wildman–Crippen LogP) is 1.48. The molecule has 3 rings (SSSR count). The van der Waals surface area contributed by atoms with Crippen molar-refractivity contribution in [2.45, 2.75) is 31.2 Å². The molecule has 8 nitrogen and oxygen atoms in total. The van der Waals surface area contributed by atoms with Gasteiger partial charge in [-0.3, -0.25) is 4.79 Å². The van der Waals surface area contributed by atoms with Crippen LogP contribution < -0.4 is 10.0 Å². The van der Waals surface area contributed by atoms with Crippen molar-refractivity contribution in [3.05, 3.63) is 53.1 Å². The van der Waals surface area contributed by atoms with Crippen LogP contribution in [0, 0.1) is 6.92 Å². The van der Waals surface area contributed by atoms with E-state index in [1.165, 1.54) is 29.2 Å². The maximum Gasteiger partial charge on any atom is 0.342 e. The lowest BCUT2D eigenvalue weighted by Gasteiger charge is -2.22. The Labute approximate surface area is 162 Å². The molecule has 0 saturated heterocycles. The maximum atomic E-state index is 12.6. The second kappa shape index (κ2) is 7.25. The molecule has 2 aromatic carbocycles. The van der Waals surface area contributed by atoms with Crippen molar-refractivity contribution in [2.24, 2.45) is 5.14 Å². The number of aryl methyl sites for hydroxylation is 1. The van der Waals surface area contributed by atoms with E-state index in [2.05, 4.69) is 0 Å². The maximum absolute atomic E-state index is 12.6. The number of carbonyl (C=O) groups excluding carboxylic acids is 2. The molecule has 0 radical (unpaired) electrons. The highest BCUT2D eigenvalue weighted by molar-refractivity contribution is 7.89. The number of carbonyl (C=O) groups is 2. The number of nitrogens with zero attached hydrogens (tertiary/aromatic N) is 1. The molecule has 28 heavy (non-hydrogen) atoms. The van der Waals surface area contributed by atoms with Crippen molar-refractivity contribution in [1.82, 2.24) is 0 Å². The van der Waals surface area contributed by atoms with Gasteiger partial charge in [-0.05, 0) is 55.7 Å². The number of anilines is 1. The molecule has 0 spiro atoms. The first-order valence-electron chi connectivity index (χ1n) is 8.53. The highest BCUT2D eigenvalue weighted by atomic mass is 32.2. The molecule has 3 N–H and O–H groups in total. The van der Waals surface area contributed by atoms with Gasteiger partial charge in [0, 0.05) is 11.7 Å². The summed E-state index contributed by atoms with van der Waals surface area (Å²) < 4.78 is 28.1. The van der Waals surface area contributed by atoms with Gasteiger partial charge in [-0.2, -0.15) is 0 Å². The normalized spacial score (nSPS) is 16.0. The zero-order valence-electron chi connectivity index (χ0n) is 15.4. The van der Waals surface area contributed by atoms with Gasteiger partial charge >= 0.3 is 5.97 Å². The van der Waals surface area contributed by atoms with Gasteiger partial charge in [0.25, 0.3) is 5.91 Å². The van der Waals surface area contributed by atoms with E-state index in [4.69, 9.17) is 9.88 Å². The van der Waals surface area contributed by atoms with Crippen molar-refractivity contribution in [2.75, 3.05) is 11.5 Å². The number of rotatable bonds is 4. The van der Waals surface area contributed by atoms with Gasteiger partial charge in [0.15, 0.2) is 6.61 Å². The summed E-state index contributed by atoms with van der Waals surface area (Å²) in [5, 5.41) is 15.1. The zero-order chi connectivity index (χ0) is 20.6. The summed E-state index contributed by atoms with van der Waals surface area (Å²) in [6, 6.07) is 8.74. The number of phenolic OH excluding ortho intramolecular Hbond substituents is 1. The van der Waals surface area contributed by atoms with Gasteiger partial charge < -0.3 is 14.7 Å². The summed E-state index contributed by atoms with van der Waals surface area (Å²) in [7, 11) is -3.84. The summed E-state index contributed by atoms with van der Waals surface area (Å²) in [5.74, 6) is -1.43. The minimum atomic E-state index is -3.84. The summed E-state index contributed by atoms with van der Waals surface area (Å²) in [6.45, 7) is 2.95. The molecule has 1 atom stereocenters. The molecule has 1 heterocycles. The molecule has 1 aliphatic rings. The van der Waals surface area contributed by atoms with E-state index in [0.29, 0.717) is 23.2 Å². The number of sulfonamides is 1. The number of amides is 1. The molecule has 0 bridgehead atoms. The van der Waals surface area contributed by atoms with Crippen LogP contribution in [0.1, 0.15) is 28.4 Å². The van der Waals surface area contributed by atoms with E-state index >= 15 is 0 Å². The Morgan fingerprint density at radius 1 is 1.29 bits per heavy atom. The Bertz CT molecular complexity index is 1060. The number of primary sulfonamides is 1. The van der Waals surface area contributed by atoms with E-state index in [0.717, 1.165) is 0 Å². The second-order valence-electron chi connectivity index (χ2n) is 6.70. The molecule has 0 aliphatic carbocycles. The van der Waals surface area contributed by atoms with Crippen LogP contribution in [0.15, 0.2) is 41.3 Å². The number of nitrogens with two attached hydrogens (primary N) is 1. The minimum Gasteiger partial charge on any atom is -0.507 e. The lowest BCUT2D eigenvalue weighted by molar-refractivity contribution is -0.122. The minimum absolute atomic E-state index is 0.0135. The Morgan fingerprint density at radius 3 is 2.68 bits per heavy atom. The molecular formula is C19H20N2O6S. The van der Waals surface area contributed by atoms with E-state index in [9.17, 15) is 23.1 Å². The standard InChI is InChI=1S/C19H20N2O6S/c1-11-4-3-5-15(18(11)23)19(24)27-10-17(22)21-12(2)8-13-9-14(28(20,25)26)6-7-16(13)21/h3-7,9,12,23H,8,10H2,1-2H3,(H2,20,25,26). The van der Waals surface area contributed by atoms with Gasteiger partial charge in [0.05, 0.1) is 4.90 Å². The van der Waals surface area contributed by atoms with E-state index in [-0.39, 0.29) is 22.3 Å². The fraction of sp³-hybridized carbons (Fsp3) is 0.263. The number of hydrogen-bond acceptors (Lipinski definition) is 6. The smallest absolute Gasteiger partial charge is 0.342 e. The molecule has 9 heteroatoms. The molecule has 0 aromatic heterocycles. The van der Waals surface area contributed by atoms with Crippen molar-refractivity contribution in [3.8, 4) is 5.75 Å². The number of phenols is 1. The lowest BCUT2D eigenvalue weighted by atomic mass is 10.1. The average molecular weight is 404 g/mol. The van der Waals surface area contributed by atoms with E-state index in [1.54, 1.807) is 19.1 Å². The van der Waals surface area contributed by atoms with Crippen LogP contribution in [0.3, 0.4) is 0 Å². The molecule has 1 aliphatic heterocycles. The van der Waals surface area contributed by atoms with Crippen LogP contribution in [0.25, 0.3) is 0 Å². The zero-order valence-corrected chi connectivity index (χ0v) is 16.2. The largest absolute Gasteiger partial charge is 0.507 e. The average Bonchev–Trinajstić information content (AvgIpc) is 2.96. The summed E-state index contributed by atoms with van der Waals surface area (Å²) in [5.41, 5.74) is 1.74. The SMILES string of the molecule is Cc1cccc(C(=O)OCC(=O)N2c3ccc(S(N)(=O)=O)cc3CC2C)c1O. The monoisotopic (exact) mass is 404 g/mol. The predicted molar refractivity (Wildman–Crippen MR) is 102 cm³/mol. The summed E-state index contributed by atoms with van der Waals surface area (Å²) in [6.07, 6.45) is 0.455. The Morgan fingerprint density at radius 2 is 2.00 bits per heavy atom. The van der Waals surface area contributed by atoms with Crippen LogP contribution in [0.5, 0.6) is 5.75 Å². The Hall–Kier alpha value is -2.91. The van der Waals surface area contributed by atoms with Gasteiger partial charge in [-0.25, -0.2) is 18.4 Å². The van der Waals surface area contributed by atoms with Crippen LogP contribution in [0.2, 0.25) is 0 Å². The first-order chi connectivity index (χ1) is 13.1. The third-order valence-electron chi connectivity index (χ3n) is 4.65. The number of esters is 1. The fourth-order valence-electron chi connectivity index (χ4n) is 3.26. The number of aromatic hydroxyl groups is 1. The summed E-state index contributed by atoms with van der Waals surface area (Å²) in [4.78, 5) is 26.3. The van der Waals surface area contributed by atoms with Crippen molar-refractivity contribution < 1.29 is 27.9 Å². The Kier molecular flexibility index (Phi) is 5.14. The van der Waals surface area contributed by atoms with Gasteiger partial charge in [0.2, 0.25) is 10.0 Å². The molecule has 148 valence electrons. The van der Waals surface area contributed by atoms with Crippen molar-refractivity contribution >= 4 is 27.6 Å². The second-order valence-corrected chi connectivity index (χ2v) is 8.26. The number of hydrogen-bond donors (Lipinski definition) is 2.